The highest BCUT2D eigenvalue weighted by atomic mass is 16.6. The number of carbonyl (C=O) groups is 2. The first-order valence-corrected chi connectivity index (χ1v) is 7.88. The van der Waals surface area contributed by atoms with Crippen LogP contribution < -0.4 is 0 Å². The smallest absolute Gasteiger partial charge is 0.417 e. The minimum atomic E-state index is -1.28. The van der Waals surface area contributed by atoms with Crippen LogP contribution in [0.2, 0.25) is 0 Å². The third kappa shape index (κ3) is 3.16. The molecule has 1 fully saturated rings. The predicted octanol–water partition coefficient (Wildman–Crippen LogP) is 2.70. The van der Waals surface area contributed by atoms with Gasteiger partial charge in [-0.15, -0.1) is 0 Å². The molecule has 1 heterocycles. The molecule has 0 saturated carbocycles. The van der Waals surface area contributed by atoms with Gasteiger partial charge in [0.1, 0.15) is 12.2 Å². The summed E-state index contributed by atoms with van der Waals surface area (Å²) in [5.41, 5.74) is 1.66. The lowest BCUT2D eigenvalue weighted by molar-refractivity contribution is -0.137. The Hall–Kier alpha value is -2.66. The number of aliphatic hydroxyl groups excluding tert-OH is 1. The fourth-order valence-electron chi connectivity index (χ4n) is 2.93. The molecule has 1 N–H and O–H groups in total. The topological polar surface area (TPSA) is 66.8 Å². The molecule has 2 aromatic carbocycles. The van der Waals surface area contributed by atoms with Crippen molar-refractivity contribution < 1.29 is 19.4 Å². The average Bonchev–Trinajstić information content (AvgIpc) is 2.90. The molecule has 1 aliphatic heterocycles. The first kappa shape index (κ1) is 16.2. The van der Waals surface area contributed by atoms with Gasteiger partial charge < -0.3 is 9.84 Å². The van der Waals surface area contributed by atoms with Crippen molar-refractivity contribution in [3.05, 3.63) is 71.8 Å². The van der Waals surface area contributed by atoms with E-state index in [1.165, 1.54) is 0 Å². The molecule has 2 aromatic rings. The molecule has 5 nitrogen and oxygen atoms in total. The van der Waals surface area contributed by atoms with Crippen molar-refractivity contribution >= 4 is 12.0 Å². The van der Waals surface area contributed by atoms with Crippen molar-refractivity contribution in [3.8, 4) is 0 Å². The molecule has 0 aliphatic carbocycles. The summed E-state index contributed by atoms with van der Waals surface area (Å²) < 4.78 is 5.35. The highest BCUT2D eigenvalue weighted by Crippen LogP contribution is 2.32. The van der Waals surface area contributed by atoms with Crippen LogP contribution in [0.4, 0.5) is 4.79 Å². The van der Waals surface area contributed by atoms with Gasteiger partial charge in [0.05, 0.1) is 6.04 Å². The minimum absolute atomic E-state index is 0.159. The zero-order chi connectivity index (χ0) is 17.1. The molecular weight excluding hydrogens is 306 g/mol. The van der Waals surface area contributed by atoms with E-state index in [1.807, 2.05) is 60.7 Å². The van der Waals surface area contributed by atoms with Gasteiger partial charge in [-0.25, -0.2) is 9.69 Å². The van der Waals surface area contributed by atoms with Crippen LogP contribution in [0.15, 0.2) is 60.7 Å². The van der Waals surface area contributed by atoms with Gasteiger partial charge >= 0.3 is 6.09 Å². The summed E-state index contributed by atoms with van der Waals surface area (Å²) in [4.78, 5) is 25.7. The first-order chi connectivity index (χ1) is 11.6. The van der Waals surface area contributed by atoms with Crippen LogP contribution in [-0.4, -0.2) is 34.2 Å². The van der Waals surface area contributed by atoms with Crippen LogP contribution in [-0.2, 0) is 16.0 Å². The fraction of sp³-hybridized carbons (Fsp3) is 0.263. The number of imide groups is 1. The average molecular weight is 325 g/mol. The van der Waals surface area contributed by atoms with Gasteiger partial charge in [-0.3, -0.25) is 4.79 Å². The molecule has 5 heteroatoms. The summed E-state index contributed by atoms with van der Waals surface area (Å²) in [5.74, 6) is -0.630. The molecule has 24 heavy (non-hydrogen) atoms. The number of hydrogen-bond acceptors (Lipinski definition) is 4. The number of carbonyl (C=O) groups excluding carboxylic acids is 2. The zero-order valence-corrected chi connectivity index (χ0v) is 13.3. The number of benzene rings is 2. The number of ether oxygens (including phenoxy) is 1. The van der Waals surface area contributed by atoms with Crippen LogP contribution in [0.5, 0.6) is 0 Å². The second-order valence-electron chi connectivity index (χ2n) is 5.87. The number of nitrogens with zero attached hydrogens (tertiary/aromatic N) is 1. The van der Waals surface area contributed by atoms with Crippen molar-refractivity contribution in [2.24, 2.45) is 0 Å². The van der Waals surface area contributed by atoms with Crippen molar-refractivity contribution in [1.29, 1.82) is 0 Å². The number of amides is 2. The highest BCUT2D eigenvalue weighted by molar-refractivity contribution is 5.96. The van der Waals surface area contributed by atoms with Crippen LogP contribution in [0.3, 0.4) is 0 Å². The summed E-state index contributed by atoms with van der Waals surface area (Å²) in [6.07, 6.45) is -2.36. The molecular formula is C19H19NO4. The Kier molecular flexibility index (Phi) is 4.62. The van der Waals surface area contributed by atoms with E-state index in [-0.39, 0.29) is 6.42 Å². The van der Waals surface area contributed by atoms with Crippen molar-refractivity contribution in [3.63, 3.8) is 0 Å². The van der Waals surface area contributed by atoms with E-state index in [0.717, 1.165) is 16.0 Å². The van der Waals surface area contributed by atoms with Crippen molar-refractivity contribution in [1.82, 2.24) is 4.90 Å². The van der Waals surface area contributed by atoms with Crippen molar-refractivity contribution in [2.45, 2.75) is 31.6 Å². The maximum Gasteiger partial charge on any atom is 0.417 e. The van der Waals surface area contributed by atoms with Crippen molar-refractivity contribution in [2.75, 3.05) is 0 Å². The molecule has 0 spiro atoms. The van der Waals surface area contributed by atoms with E-state index in [9.17, 15) is 14.7 Å². The molecule has 0 unspecified atom stereocenters. The molecule has 0 aromatic heterocycles. The number of rotatable bonds is 4. The molecule has 3 rings (SSSR count). The van der Waals surface area contributed by atoms with E-state index in [1.54, 1.807) is 6.92 Å². The van der Waals surface area contributed by atoms with Crippen LogP contribution >= 0.6 is 0 Å². The lowest BCUT2D eigenvalue weighted by atomic mass is 10.0. The third-order valence-corrected chi connectivity index (χ3v) is 4.19. The van der Waals surface area contributed by atoms with Crippen LogP contribution in [0.1, 0.15) is 24.2 Å². The quantitative estimate of drug-likeness (QED) is 0.938. The molecule has 0 bridgehead atoms. The summed E-state index contributed by atoms with van der Waals surface area (Å²) in [6.45, 7) is 1.75. The Bertz CT molecular complexity index is 717. The van der Waals surface area contributed by atoms with Gasteiger partial charge in [-0.2, -0.15) is 0 Å². The van der Waals surface area contributed by atoms with E-state index in [4.69, 9.17) is 4.74 Å². The molecule has 1 aliphatic rings. The second kappa shape index (κ2) is 6.84. The lowest BCUT2D eigenvalue weighted by Crippen LogP contribution is -2.44. The molecule has 2 amide bonds. The van der Waals surface area contributed by atoms with Crippen LogP contribution in [0.25, 0.3) is 0 Å². The molecule has 0 radical (unpaired) electrons. The largest absolute Gasteiger partial charge is 0.439 e. The fourth-order valence-corrected chi connectivity index (χ4v) is 2.93. The standard InChI is InChI=1S/C19H19NO4/c1-13-17(15-10-6-3-7-11-15)24-19(23)20(13)18(22)16(21)12-14-8-4-2-5-9-14/h2-11,13,16-17,21H,12H2,1H3/t13-,16-,17-/m1/s1. The lowest BCUT2D eigenvalue weighted by Gasteiger charge is -2.21. The van der Waals surface area contributed by atoms with Gasteiger partial charge in [-0.1, -0.05) is 60.7 Å². The maximum absolute atomic E-state index is 12.5. The Morgan fingerprint density at radius 2 is 1.71 bits per heavy atom. The Labute approximate surface area is 140 Å². The monoisotopic (exact) mass is 325 g/mol. The highest BCUT2D eigenvalue weighted by Gasteiger charge is 2.44. The van der Waals surface area contributed by atoms with E-state index in [0.29, 0.717) is 0 Å². The van der Waals surface area contributed by atoms with Gasteiger partial charge in [0, 0.05) is 6.42 Å². The Morgan fingerprint density at radius 3 is 2.33 bits per heavy atom. The Balaban J connectivity index is 1.74. The van der Waals surface area contributed by atoms with E-state index >= 15 is 0 Å². The minimum Gasteiger partial charge on any atom is -0.439 e. The number of cyclic esters (lactones) is 1. The zero-order valence-electron chi connectivity index (χ0n) is 13.3. The normalized spacial score (nSPS) is 21.4. The van der Waals surface area contributed by atoms with Crippen LogP contribution in [0, 0.1) is 0 Å². The van der Waals surface area contributed by atoms with E-state index in [2.05, 4.69) is 0 Å². The Morgan fingerprint density at radius 1 is 1.12 bits per heavy atom. The number of hydrogen-bond donors (Lipinski definition) is 1. The summed E-state index contributed by atoms with van der Waals surface area (Å²) in [7, 11) is 0. The predicted molar refractivity (Wildman–Crippen MR) is 88.1 cm³/mol. The molecule has 1 saturated heterocycles. The SMILES string of the molecule is C[C@@H]1[C@H](c2ccccc2)OC(=O)N1C(=O)[C@H](O)Cc1ccccc1. The molecule has 3 atom stereocenters. The number of aliphatic hydroxyl groups is 1. The van der Waals surface area contributed by atoms with Gasteiger partial charge in [0.2, 0.25) is 0 Å². The molecule has 124 valence electrons. The summed E-state index contributed by atoms with van der Waals surface area (Å²) in [5, 5.41) is 10.2. The first-order valence-electron chi connectivity index (χ1n) is 7.88. The van der Waals surface area contributed by atoms with Gasteiger partial charge in [0.15, 0.2) is 0 Å². The summed E-state index contributed by atoms with van der Waals surface area (Å²) >= 11 is 0. The second-order valence-corrected chi connectivity index (χ2v) is 5.87. The summed E-state index contributed by atoms with van der Waals surface area (Å²) in [6, 6.07) is 18.0. The maximum atomic E-state index is 12.5. The van der Waals surface area contributed by atoms with E-state index < -0.39 is 30.3 Å². The van der Waals surface area contributed by atoms with Gasteiger partial charge in [-0.05, 0) is 18.1 Å². The third-order valence-electron chi connectivity index (χ3n) is 4.19. The van der Waals surface area contributed by atoms with Gasteiger partial charge in [0.25, 0.3) is 5.91 Å².